The fourth-order valence-electron chi connectivity index (χ4n) is 2.57. The molecule has 2 rings (SSSR count). The first-order valence-corrected chi connectivity index (χ1v) is 9.55. The van der Waals surface area contributed by atoms with Crippen LogP contribution in [0.5, 0.6) is 5.75 Å². The monoisotopic (exact) mass is 455 g/mol. The highest BCUT2D eigenvalue weighted by molar-refractivity contribution is 6.36. The molecule has 0 saturated carbocycles. The molecule has 0 saturated heterocycles. The number of carbonyl (C=O) groups is 3. The van der Waals surface area contributed by atoms with Gasteiger partial charge in [0.1, 0.15) is 12.4 Å². The Hall–Kier alpha value is -2.97. The van der Waals surface area contributed by atoms with Gasteiger partial charge < -0.3 is 19.7 Å². The molecule has 10 heteroatoms. The van der Waals surface area contributed by atoms with E-state index >= 15 is 0 Å². The summed E-state index contributed by atoms with van der Waals surface area (Å²) in [6, 6.07) is 9.24. The van der Waals surface area contributed by atoms with Crippen molar-refractivity contribution in [2.75, 3.05) is 11.9 Å². The number of carboxylic acid groups (broad SMARTS) is 2. The predicted molar refractivity (Wildman–Crippen MR) is 110 cm³/mol. The summed E-state index contributed by atoms with van der Waals surface area (Å²) >= 11 is 11.8. The molecule has 1 amide bonds. The van der Waals surface area contributed by atoms with E-state index in [1.807, 2.05) is 0 Å². The average molecular weight is 456 g/mol. The first-order chi connectivity index (χ1) is 14.2. The van der Waals surface area contributed by atoms with Crippen molar-refractivity contribution in [3.05, 3.63) is 57.6 Å². The van der Waals surface area contributed by atoms with Crippen molar-refractivity contribution in [2.24, 2.45) is 5.92 Å². The fraction of sp³-hybridized carbons (Fsp3) is 0.250. The number of rotatable bonds is 9. The van der Waals surface area contributed by atoms with Crippen LogP contribution >= 0.6 is 23.2 Å². The Morgan fingerprint density at radius 3 is 2.37 bits per heavy atom. The molecule has 8 nitrogen and oxygen atoms in total. The Bertz CT molecular complexity index is 935. The quantitative estimate of drug-likeness (QED) is 0.476. The van der Waals surface area contributed by atoms with E-state index in [0.717, 1.165) is 0 Å². The molecule has 0 aliphatic heterocycles. The van der Waals surface area contributed by atoms with Gasteiger partial charge in [0, 0.05) is 10.6 Å². The molecule has 0 atom stereocenters. The van der Waals surface area contributed by atoms with E-state index in [-0.39, 0.29) is 18.1 Å². The van der Waals surface area contributed by atoms with Crippen LogP contribution in [0.1, 0.15) is 18.1 Å². The number of aliphatic carboxylic acids is 2. The van der Waals surface area contributed by atoms with E-state index in [1.54, 1.807) is 31.2 Å². The largest absolute Gasteiger partial charge is 0.493 e. The molecule has 160 valence electrons. The molecule has 0 bridgehead atoms. The smallest absolute Gasteiger partial charge is 0.412 e. The molecule has 0 heterocycles. The molecule has 0 radical (unpaired) electrons. The van der Waals surface area contributed by atoms with Crippen molar-refractivity contribution in [1.82, 2.24) is 0 Å². The predicted octanol–water partition coefficient (Wildman–Crippen LogP) is 4.47. The van der Waals surface area contributed by atoms with Gasteiger partial charge in [0.15, 0.2) is 5.92 Å². The van der Waals surface area contributed by atoms with Crippen LogP contribution < -0.4 is 10.1 Å². The number of hydrogen-bond donors (Lipinski definition) is 3. The first-order valence-electron chi connectivity index (χ1n) is 8.80. The highest BCUT2D eigenvalue weighted by Crippen LogP contribution is 2.26. The molecule has 0 unspecified atom stereocenters. The van der Waals surface area contributed by atoms with Gasteiger partial charge >= 0.3 is 18.0 Å². The minimum Gasteiger partial charge on any atom is -0.493 e. The fourth-order valence-corrected chi connectivity index (χ4v) is 3.02. The van der Waals surface area contributed by atoms with Crippen molar-refractivity contribution >= 4 is 46.9 Å². The minimum atomic E-state index is -1.59. The van der Waals surface area contributed by atoms with E-state index in [4.69, 9.17) is 42.9 Å². The number of carbonyl (C=O) groups excluding carboxylic acids is 1. The third-order valence-electron chi connectivity index (χ3n) is 3.99. The third-order valence-corrected chi connectivity index (χ3v) is 4.54. The van der Waals surface area contributed by atoms with Gasteiger partial charge in [0.05, 0.1) is 17.3 Å². The number of ether oxygens (including phenoxy) is 2. The van der Waals surface area contributed by atoms with E-state index in [9.17, 15) is 14.4 Å². The SMILES string of the molecule is CCOc1ccc(CC(C(=O)O)C(=O)O)cc1COC(=O)Nc1ccc(Cl)cc1Cl. The Morgan fingerprint density at radius 2 is 1.77 bits per heavy atom. The number of halogens is 2. The van der Waals surface area contributed by atoms with Gasteiger partial charge in [0.25, 0.3) is 0 Å². The van der Waals surface area contributed by atoms with Gasteiger partial charge in [-0.25, -0.2) is 4.79 Å². The number of benzene rings is 2. The second-order valence-corrected chi connectivity index (χ2v) is 6.98. The van der Waals surface area contributed by atoms with Crippen molar-refractivity contribution in [3.8, 4) is 5.75 Å². The van der Waals surface area contributed by atoms with Gasteiger partial charge in [-0.3, -0.25) is 14.9 Å². The molecule has 0 aromatic heterocycles. The number of amides is 1. The molecule has 2 aromatic rings. The minimum absolute atomic E-state index is 0.189. The Labute approximate surface area is 182 Å². The zero-order valence-electron chi connectivity index (χ0n) is 15.9. The molecule has 0 fully saturated rings. The van der Waals surface area contributed by atoms with Crippen LogP contribution in [0.15, 0.2) is 36.4 Å². The highest BCUT2D eigenvalue weighted by atomic mass is 35.5. The molecular weight excluding hydrogens is 437 g/mol. The van der Waals surface area contributed by atoms with Gasteiger partial charge in [-0.1, -0.05) is 29.3 Å². The van der Waals surface area contributed by atoms with Crippen LogP contribution in [0.2, 0.25) is 10.0 Å². The lowest BCUT2D eigenvalue weighted by molar-refractivity contribution is -0.154. The maximum atomic E-state index is 12.1. The molecule has 2 aromatic carbocycles. The number of hydrogen-bond acceptors (Lipinski definition) is 5. The van der Waals surface area contributed by atoms with Crippen LogP contribution in [-0.2, 0) is 27.4 Å². The van der Waals surface area contributed by atoms with Crippen LogP contribution in [0.3, 0.4) is 0 Å². The van der Waals surface area contributed by atoms with Crippen molar-refractivity contribution in [3.63, 3.8) is 0 Å². The molecular formula is C20H19Cl2NO7. The Kier molecular flexibility index (Phi) is 8.32. The number of nitrogens with one attached hydrogen (secondary N) is 1. The Balaban J connectivity index is 2.12. The summed E-state index contributed by atoms with van der Waals surface area (Å²) in [5.41, 5.74) is 1.23. The van der Waals surface area contributed by atoms with E-state index in [0.29, 0.717) is 34.2 Å². The maximum Gasteiger partial charge on any atom is 0.412 e. The van der Waals surface area contributed by atoms with Gasteiger partial charge in [-0.05, 0) is 49.2 Å². The van der Waals surface area contributed by atoms with Gasteiger partial charge in [-0.2, -0.15) is 0 Å². The summed E-state index contributed by atoms with van der Waals surface area (Å²) in [4.78, 5) is 34.4. The summed E-state index contributed by atoms with van der Waals surface area (Å²) in [5.74, 6) is -4.03. The maximum absolute atomic E-state index is 12.1. The lowest BCUT2D eigenvalue weighted by atomic mass is 9.98. The molecule has 0 spiro atoms. The molecule has 0 aliphatic carbocycles. The van der Waals surface area contributed by atoms with E-state index < -0.39 is 23.9 Å². The summed E-state index contributed by atoms with van der Waals surface area (Å²) in [7, 11) is 0. The molecule has 3 N–H and O–H groups in total. The van der Waals surface area contributed by atoms with Crippen LogP contribution in [0.25, 0.3) is 0 Å². The van der Waals surface area contributed by atoms with Crippen molar-refractivity contribution in [1.29, 1.82) is 0 Å². The number of anilines is 1. The summed E-state index contributed by atoms with van der Waals surface area (Å²) in [6.07, 6.45) is -1.00. The van der Waals surface area contributed by atoms with Gasteiger partial charge in [-0.15, -0.1) is 0 Å². The first kappa shape index (κ1) is 23.3. The molecule has 0 aliphatic rings. The van der Waals surface area contributed by atoms with E-state index in [2.05, 4.69) is 5.32 Å². The van der Waals surface area contributed by atoms with E-state index in [1.165, 1.54) is 12.1 Å². The standard InChI is InChI=1S/C20H19Cl2NO7/c1-2-29-17-6-3-11(8-14(18(24)25)19(26)27)7-12(17)10-30-20(28)23-16-5-4-13(21)9-15(16)22/h3-7,9,14H,2,8,10H2,1H3,(H,23,28)(H,24,25)(H,26,27). The highest BCUT2D eigenvalue weighted by Gasteiger charge is 2.26. The third kappa shape index (κ3) is 6.53. The topological polar surface area (TPSA) is 122 Å². The van der Waals surface area contributed by atoms with Crippen molar-refractivity contribution < 1.29 is 34.1 Å². The zero-order valence-corrected chi connectivity index (χ0v) is 17.4. The lowest BCUT2D eigenvalue weighted by Crippen LogP contribution is -2.25. The average Bonchev–Trinajstić information content (AvgIpc) is 2.67. The zero-order chi connectivity index (χ0) is 22.3. The summed E-state index contributed by atoms with van der Waals surface area (Å²) < 4.78 is 10.7. The second kappa shape index (κ2) is 10.7. The second-order valence-electron chi connectivity index (χ2n) is 6.13. The van der Waals surface area contributed by atoms with Crippen LogP contribution in [0.4, 0.5) is 10.5 Å². The van der Waals surface area contributed by atoms with Crippen molar-refractivity contribution in [2.45, 2.75) is 20.0 Å². The van der Waals surface area contributed by atoms with Gasteiger partial charge in [0.2, 0.25) is 0 Å². The number of carboxylic acids is 2. The Morgan fingerprint density at radius 1 is 1.07 bits per heavy atom. The molecule has 30 heavy (non-hydrogen) atoms. The lowest BCUT2D eigenvalue weighted by Gasteiger charge is -2.14. The van der Waals surface area contributed by atoms with Crippen LogP contribution in [-0.4, -0.2) is 34.9 Å². The normalized spacial score (nSPS) is 10.5. The summed E-state index contributed by atoms with van der Waals surface area (Å²) in [5, 5.41) is 21.3. The van der Waals surface area contributed by atoms with Crippen LogP contribution in [0, 0.1) is 5.92 Å². The summed E-state index contributed by atoms with van der Waals surface area (Å²) in [6.45, 7) is 1.94.